The first kappa shape index (κ1) is 29.0. The van der Waals surface area contributed by atoms with Crippen molar-refractivity contribution in [2.75, 3.05) is 6.61 Å². The third kappa shape index (κ3) is 7.13. The zero-order valence-corrected chi connectivity index (χ0v) is 22.4. The zero-order valence-electron chi connectivity index (χ0n) is 21.5. The fourth-order valence-electron chi connectivity index (χ4n) is 4.03. The van der Waals surface area contributed by atoms with Gasteiger partial charge in [0, 0.05) is 0 Å². The van der Waals surface area contributed by atoms with Crippen molar-refractivity contribution in [2.45, 2.75) is 38.3 Å². The first-order valence-electron chi connectivity index (χ1n) is 12.3. The van der Waals surface area contributed by atoms with Gasteiger partial charge in [0.15, 0.2) is 5.69 Å². The Balaban J connectivity index is 1.43. The molecule has 1 saturated heterocycles. The van der Waals surface area contributed by atoms with Gasteiger partial charge in [-0.3, -0.25) is 18.7 Å². The average Bonchev–Trinajstić information content (AvgIpc) is 3.54. The van der Waals surface area contributed by atoms with E-state index in [4.69, 9.17) is 24.3 Å². The predicted molar refractivity (Wildman–Crippen MR) is 140 cm³/mol. The van der Waals surface area contributed by atoms with Gasteiger partial charge in [0.1, 0.15) is 37.2 Å². The number of aldehydes is 1. The smallest absolute Gasteiger partial charge is 0.459 e. The molecule has 1 fully saturated rings. The number of ether oxygens (including phenoxy) is 2. The minimum atomic E-state index is -4.19. The monoisotopic (exact) mass is 572 g/mol. The molecule has 212 valence electrons. The van der Waals surface area contributed by atoms with Gasteiger partial charge in [0.2, 0.25) is 5.88 Å². The highest BCUT2D eigenvalue weighted by atomic mass is 31.2. The second-order valence-electron chi connectivity index (χ2n) is 9.01. The summed E-state index contributed by atoms with van der Waals surface area (Å²) in [4.78, 5) is 39.6. The van der Waals surface area contributed by atoms with Crippen molar-refractivity contribution in [3.8, 4) is 11.6 Å². The quantitative estimate of drug-likeness (QED) is 0.156. The Hall–Kier alpha value is -4.03. The number of para-hydroxylation sites is 1. The van der Waals surface area contributed by atoms with Gasteiger partial charge >= 0.3 is 13.7 Å². The summed E-state index contributed by atoms with van der Waals surface area (Å²) in [6, 6.07) is 16.2. The molecule has 0 saturated carbocycles. The SMILES string of the molecule is CC(NP(=O)(OC[C@@H]1CC(C=O)[C@H](n2cnc(C(N)=O)c2O)O1)Oc1ccccc1)C(=O)OCc1ccccc1. The number of imidazole rings is 1. The molecule has 1 aliphatic heterocycles. The largest absolute Gasteiger partial charge is 0.493 e. The number of hydrogen-bond acceptors (Lipinski definition) is 10. The molecule has 1 aliphatic rings. The predicted octanol–water partition coefficient (Wildman–Crippen LogP) is 2.72. The number of esters is 1. The molecule has 14 heteroatoms. The van der Waals surface area contributed by atoms with E-state index < -0.39 is 49.8 Å². The molecular weight excluding hydrogens is 543 g/mol. The lowest BCUT2D eigenvalue weighted by Gasteiger charge is -2.24. The van der Waals surface area contributed by atoms with Crippen LogP contribution in [0.25, 0.3) is 0 Å². The van der Waals surface area contributed by atoms with Crippen LogP contribution in [0.5, 0.6) is 11.6 Å². The van der Waals surface area contributed by atoms with E-state index in [9.17, 15) is 24.1 Å². The summed E-state index contributed by atoms with van der Waals surface area (Å²) in [5.74, 6) is -2.69. The highest BCUT2D eigenvalue weighted by Crippen LogP contribution is 2.46. The lowest BCUT2D eigenvalue weighted by atomic mass is 10.1. The average molecular weight is 573 g/mol. The Bertz CT molecular complexity index is 1370. The van der Waals surface area contributed by atoms with Gasteiger partial charge in [-0.05, 0) is 31.0 Å². The number of amides is 1. The molecule has 4 rings (SSSR count). The van der Waals surface area contributed by atoms with Crippen molar-refractivity contribution in [2.24, 2.45) is 11.7 Å². The molecule has 40 heavy (non-hydrogen) atoms. The summed E-state index contributed by atoms with van der Waals surface area (Å²) in [5, 5.41) is 12.9. The normalized spacial score (nSPS) is 20.8. The van der Waals surface area contributed by atoms with Crippen molar-refractivity contribution in [3.05, 3.63) is 78.2 Å². The first-order chi connectivity index (χ1) is 19.2. The van der Waals surface area contributed by atoms with Crippen molar-refractivity contribution in [3.63, 3.8) is 0 Å². The maximum Gasteiger partial charge on any atom is 0.459 e. The van der Waals surface area contributed by atoms with Crippen LogP contribution in [0, 0.1) is 5.92 Å². The molecule has 1 amide bonds. The van der Waals surface area contributed by atoms with E-state index in [2.05, 4.69) is 10.1 Å². The Morgan fingerprint density at radius 1 is 1.23 bits per heavy atom. The molecule has 5 atom stereocenters. The standard InChI is InChI=1S/C26H29N4O9P/c1-17(26(34)36-14-18-8-4-2-5-9-18)29-40(35,39-20-10-6-3-7-11-20)37-15-21-12-19(13-31)25(38-21)30-16-28-22(23(27)32)24(30)33/h2-11,13,16-17,19,21,25,33H,12,14-15H2,1H3,(H2,27,32)(H,29,35)/t17?,19?,21-,25+,40?/m0/s1. The van der Waals surface area contributed by atoms with Crippen LogP contribution < -0.4 is 15.3 Å². The third-order valence-corrected chi connectivity index (χ3v) is 7.66. The van der Waals surface area contributed by atoms with Crippen LogP contribution in [0.4, 0.5) is 0 Å². The van der Waals surface area contributed by atoms with E-state index in [0.29, 0.717) is 6.29 Å². The summed E-state index contributed by atoms with van der Waals surface area (Å²) in [7, 11) is -4.19. The molecule has 1 aromatic heterocycles. The van der Waals surface area contributed by atoms with E-state index >= 15 is 0 Å². The van der Waals surface area contributed by atoms with Gasteiger partial charge in [0.05, 0.1) is 18.6 Å². The van der Waals surface area contributed by atoms with Crippen LogP contribution in [0.1, 0.15) is 35.6 Å². The molecule has 13 nitrogen and oxygen atoms in total. The fraction of sp³-hybridized carbons (Fsp3) is 0.308. The van der Waals surface area contributed by atoms with Crippen LogP contribution in [-0.4, -0.2) is 51.6 Å². The van der Waals surface area contributed by atoms with E-state index in [0.717, 1.165) is 16.5 Å². The number of carbonyl (C=O) groups is 3. The van der Waals surface area contributed by atoms with E-state index in [1.165, 1.54) is 6.92 Å². The second-order valence-corrected chi connectivity index (χ2v) is 10.7. The highest BCUT2D eigenvalue weighted by Gasteiger charge is 2.40. The Morgan fingerprint density at radius 2 is 1.90 bits per heavy atom. The fourth-order valence-corrected chi connectivity index (χ4v) is 5.55. The number of aromatic nitrogens is 2. The lowest BCUT2D eigenvalue weighted by Crippen LogP contribution is -2.35. The van der Waals surface area contributed by atoms with E-state index in [-0.39, 0.29) is 31.1 Å². The Labute approximate surface area is 229 Å². The second kappa shape index (κ2) is 12.9. The minimum absolute atomic E-state index is 0.0271. The molecule has 4 N–H and O–H groups in total. The van der Waals surface area contributed by atoms with Crippen molar-refractivity contribution >= 4 is 25.9 Å². The number of nitrogens with two attached hydrogens (primary N) is 1. The summed E-state index contributed by atoms with van der Waals surface area (Å²) in [6.07, 6.45) is 0.123. The van der Waals surface area contributed by atoms with Gasteiger partial charge < -0.3 is 29.6 Å². The Morgan fingerprint density at radius 3 is 2.52 bits per heavy atom. The van der Waals surface area contributed by atoms with Crippen LogP contribution in [0.2, 0.25) is 0 Å². The minimum Gasteiger partial charge on any atom is -0.493 e. The number of nitrogens with zero attached hydrogens (tertiary/aromatic N) is 2. The summed E-state index contributed by atoms with van der Waals surface area (Å²) in [5.41, 5.74) is 5.61. The summed E-state index contributed by atoms with van der Waals surface area (Å²) in [6.45, 7) is 1.18. The number of nitrogens with one attached hydrogen (secondary N) is 1. The van der Waals surface area contributed by atoms with Gasteiger partial charge in [-0.2, -0.15) is 5.09 Å². The molecule has 3 aromatic rings. The number of benzene rings is 2. The van der Waals surface area contributed by atoms with E-state index in [1.807, 2.05) is 18.2 Å². The zero-order chi connectivity index (χ0) is 28.7. The number of primary amides is 1. The lowest BCUT2D eigenvalue weighted by molar-refractivity contribution is -0.146. The van der Waals surface area contributed by atoms with Crippen LogP contribution >= 0.6 is 7.75 Å². The number of aromatic hydroxyl groups is 1. The Kier molecular flexibility index (Phi) is 9.33. The summed E-state index contributed by atoms with van der Waals surface area (Å²) < 4.78 is 37.4. The number of carbonyl (C=O) groups excluding carboxylic acids is 3. The molecular formula is C26H29N4O9P. The van der Waals surface area contributed by atoms with Crippen molar-refractivity contribution in [1.29, 1.82) is 0 Å². The molecule has 0 spiro atoms. The highest BCUT2D eigenvalue weighted by molar-refractivity contribution is 7.52. The van der Waals surface area contributed by atoms with Gasteiger partial charge in [-0.25, -0.2) is 9.55 Å². The molecule has 0 radical (unpaired) electrons. The van der Waals surface area contributed by atoms with Crippen molar-refractivity contribution in [1.82, 2.24) is 14.6 Å². The van der Waals surface area contributed by atoms with Crippen LogP contribution in [0.3, 0.4) is 0 Å². The van der Waals surface area contributed by atoms with E-state index in [1.54, 1.807) is 42.5 Å². The molecule has 0 aliphatic carbocycles. The molecule has 3 unspecified atom stereocenters. The maximum atomic E-state index is 13.8. The molecule has 0 bridgehead atoms. The first-order valence-corrected chi connectivity index (χ1v) is 13.9. The topological polar surface area (TPSA) is 181 Å². The third-order valence-electron chi connectivity index (χ3n) is 6.01. The number of rotatable bonds is 13. The van der Waals surface area contributed by atoms with Crippen LogP contribution in [0.15, 0.2) is 67.0 Å². The summed E-state index contributed by atoms with van der Waals surface area (Å²) >= 11 is 0. The number of hydrogen-bond donors (Lipinski definition) is 3. The molecule has 2 aromatic carbocycles. The maximum absolute atomic E-state index is 13.8. The van der Waals surface area contributed by atoms with Crippen molar-refractivity contribution < 1.29 is 42.6 Å². The van der Waals surface area contributed by atoms with Gasteiger partial charge in [-0.1, -0.05) is 48.5 Å². The van der Waals surface area contributed by atoms with Gasteiger partial charge in [-0.15, -0.1) is 0 Å². The van der Waals surface area contributed by atoms with Crippen LogP contribution in [-0.2, 0) is 34.8 Å². The van der Waals surface area contributed by atoms with Gasteiger partial charge in [0.25, 0.3) is 5.91 Å². The molecule has 2 heterocycles.